The maximum atomic E-state index is 13.9. The third kappa shape index (κ3) is 5.42. The molecule has 1 amide bonds. The lowest BCUT2D eigenvalue weighted by Gasteiger charge is -2.64. The lowest BCUT2D eigenvalue weighted by Crippen LogP contribution is -2.65. The summed E-state index contributed by atoms with van der Waals surface area (Å²) in [5.41, 5.74) is 4.37. The van der Waals surface area contributed by atoms with Crippen LogP contribution < -0.4 is 5.32 Å². The largest absolute Gasteiger partial charge is 0.481 e. The molecule has 1 heterocycles. The summed E-state index contributed by atoms with van der Waals surface area (Å²) >= 11 is 0. The average Bonchev–Trinajstić information content (AvgIpc) is 3.51. The molecule has 0 radical (unpaired) electrons. The van der Waals surface area contributed by atoms with Gasteiger partial charge in [0.25, 0.3) is 0 Å². The first-order valence-electron chi connectivity index (χ1n) is 16.3. The fourth-order valence-electron chi connectivity index (χ4n) is 8.73. The third-order valence-corrected chi connectivity index (χ3v) is 11.2. The number of nitrogens with one attached hydrogen (secondary N) is 1. The molecule has 2 bridgehead atoms. The maximum absolute atomic E-state index is 13.9. The van der Waals surface area contributed by atoms with Crippen LogP contribution in [-0.2, 0) is 28.4 Å². The summed E-state index contributed by atoms with van der Waals surface area (Å²) in [5.74, 6) is -0.907. The number of rotatable bonds is 11. The number of ether oxygens (including phenoxy) is 1. The second-order valence-corrected chi connectivity index (χ2v) is 14.7. The Bertz CT molecular complexity index is 1390. The highest BCUT2D eigenvalue weighted by atomic mass is 16.7. The van der Waals surface area contributed by atoms with Crippen molar-refractivity contribution < 1.29 is 28.4 Å². The molecular weight excluding hydrogens is 553 g/mol. The number of ketones is 1. The fraction of sp³-hybridized carbons (Fsp3) is 0.583. The van der Waals surface area contributed by atoms with Crippen molar-refractivity contribution in [1.29, 1.82) is 0 Å². The Kier molecular flexibility index (Phi) is 8.29. The first kappa shape index (κ1) is 31.0. The zero-order chi connectivity index (χ0) is 31.4. The van der Waals surface area contributed by atoms with Crippen molar-refractivity contribution in [3.63, 3.8) is 0 Å². The summed E-state index contributed by atoms with van der Waals surface area (Å²) in [4.78, 5) is 40.0. The van der Waals surface area contributed by atoms with Crippen LogP contribution in [0.4, 0.5) is 0 Å². The van der Waals surface area contributed by atoms with Gasteiger partial charge < -0.3 is 19.4 Å². The summed E-state index contributed by atoms with van der Waals surface area (Å²) < 4.78 is 18.2. The number of hydrogen-bond donors (Lipinski definition) is 1. The molecule has 0 aromatic heterocycles. The van der Waals surface area contributed by atoms with Crippen LogP contribution in [0.15, 0.2) is 48.5 Å². The molecule has 1 saturated heterocycles. The molecule has 7 nitrogen and oxygen atoms in total. The van der Waals surface area contributed by atoms with Gasteiger partial charge in [0.2, 0.25) is 5.91 Å². The molecule has 8 heteroatoms. The highest BCUT2D eigenvalue weighted by Gasteiger charge is 2.68. The van der Waals surface area contributed by atoms with E-state index in [2.05, 4.69) is 64.2 Å². The van der Waals surface area contributed by atoms with Crippen LogP contribution in [0, 0.1) is 29.1 Å². The number of carbonyl (C=O) groups excluding carboxylic acids is 3. The van der Waals surface area contributed by atoms with Crippen LogP contribution in [0.5, 0.6) is 0 Å². The van der Waals surface area contributed by atoms with Crippen molar-refractivity contribution >= 4 is 24.8 Å². The number of amides is 1. The minimum atomic E-state index is -0.845. The van der Waals surface area contributed by atoms with Crippen LogP contribution in [-0.4, -0.2) is 49.5 Å². The molecule has 7 rings (SSSR count). The van der Waals surface area contributed by atoms with E-state index in [-0.39, 0.29) is 54.3 Å². The van der Waals surface area contributed by atoms with Crippen molar-refractivity contribution in [2.24, 2.45) is 29.1 Å². The van der Waals surface area contributed by atoms with Crippen molar-refractivity contribution in [1.82, 2.24) is 5.32 Å². The quantitative estimate of drug-likeness (QED) is 0.247. The summed E-state index contributed by atoms with van der Waals surface area (Å²) in [7, 11) is 0.731. The van der Waals surface area contributed by atoms with E-state index in [1.807, 2.05) is 24.3 Å². The smallest absolute Gasteiger partial charge is 0.469 e. The van der Waals surface area contributed by atoms with Crippen LogP contribution in [0.1, 0.15) is 90.2 Å². The number of benzene rings is 2. The Hall–Kier alpha value is -2.97. The molecule has 2 aromatic carbocycles. The molecule has 4 fully saturated rings. The molecular formula is C36H46BNO6. The molecule has 4 aliphatic carbocycles. The number of Topliss-reactive ketones (excluding diaryl/α,β-unsaturated/α-hetero) is 1. The van der Waals surface area contributed by atoms with Crippen LogP contribution in [0.3, 0.4) is 0 Å². The zero-order valence-electron chi connectivity index (χ0n) is 26.9. The Labute approximate surface area is 261 Å². The number of fused-ring (bicyclic) bond motifs is 3. The second kappa shape index (κ2) is 11.8. The van der Waals surface area contributed by atoms with Gasteiger partial charge in [-0.05, 0) is 71.6 Å². The lowest BCUT2D eigenvalue weighted by molar-refractivity contribution is -0.199. The van der Waals surface area contributed by atoms with Gasteiger partial charge in [0.15, 0.2) is 0 Å². The summed E-state index contributed by atoms with van der Waals surface area (Å²) in [5, 5.41) is 3.18. The van der Waals surface area contributed by atoms with Gasteiger partial charge in [0.1, 0.15) is 5.78 Å². The molecule has 3 saturated carbocycles. The van der Waals surface area contributed by atoms with E-state index >= 15 is 0 Å². The van der Waals surface area contributed by atoms with E-state index in [9.17, 15) is 14.4 Å². The Morgan fingerprint density at radius 3 is 2.20 bits per heavy atom. The molecule has 2 aromatic rings. The molecule has 44 heavy (non-hydrogen) atoms. The van der Waals surface area contributed by atoms with Gasteiger partial charge in [-0.2, -0.15) is 0 Å². The number of esters is 1. The Balaban J connectivity index is 1.17. The second-order valence-electron chi connectivity index (χ2n) is 14.7. The topological polar surface area (TPSA) is 90.9 Å². The highest BCUT2D eigenvalue weighted by molar-refractivity contribution is 6.47. The average molecular weight is 600 g/mol. The van der Waals surface area contributed by atoms with Crippen LogP contribution >= 0.6 is 0 Å². The van der Waals surface area contributed by atoms with Gasteiger partial charge >= 0.3 is 13.1 Å². The van der Waals surface area contributed by atoms with Crippen molar-refractivity contribution in [3.8, 4) is 11.1 Å². The third-order valence-electron chi connectivity index (χ3n) is 11.2. The maximum Gasteiger partial charge on any atom is 0.481 e. The van der Waals surface area contributed by atoms with E-state index in [4.69, 9.17) is 14.0 Å². The van der Waals surface area contributed by atoms with Gasteiger partial charge in [-0.25, -0.2) is 0 Å². The predicted molar refractivity (Wildman–Crippen MR) is 170 cm³/mol. The monoisotopic (exact) mass is 599 g/mol. The Morgan fingerprint density at radius 2 is 1.61 bits per heavy atom. The summed E-state index contributed by atoms with van der Waals surface area (Å²) in [6.07, 6.45) is 2.83. The van der Waals surface area contributed by atoms with Crippen LogP contribution in [0.2, 0.25) is 0 Å². The molecule has 0 unspecified atom stereocenters. The van der Waals surface area contributed by atoms with E-state index in [0.717, 1.165) is 35.1 Å². The van der Waals surface area contributed by atoms with Crippen molar-refractivity contribution in [2.75, 3.05) is 7.11 Å². The predicted octanol–water partition coefficient (Wildman–Crippen LogP) is 6.13. The van der Waals surface area contributed by atoms with E-state index < -0.39 is 30.5 Å². The molecule has 234 valence electrons. The van der Waals surface area contributed by atoms with Gasteiger partial charge in [-0.3, -0.25) is 14.4 Å². The van der Waals surface area contributed by atoms with E-state index in [0.29, 0.717) is 18.3 Å². The SMILES string of the molecule is COC(=O)C[C@H](CC(=O)CC1c2ccccc2-c2ccccc21)C(=O)N[C@@H](CC(C)C)B1O[C@@H]2C[C@@H]3C[C@@H](C3(C)C)[C@]2(C)O1. The number of methoxy groups -OCH3 is 1. The van der Waals surface area contributed by atoms with Gasteiger partial charge in [0, 0.05) is 18.8 Å². The van der Waals surface area contributed by atoms with Gasteiger partial charge in [-0.1, -0.05) is 76.2 Å². The van der Waals surface area contributed by atoms with Crippen LogP contribution in [0.25, 0.3) is 11.1 Å². The van der Waals surface area contributed by atoms with E-state index in [1.54, 1.807) is 0 Å². The van der Waals surface area contributed by atoms with Crippen molar-refractivity contribution in [2.45, 2.75) is 96.7 Å². The van der Waals surface area contributed by atoms with Gasteiger partial charge in [-0.15, -0.1) is 0 Å². The lowest BCUT2D eigenvalue weighted by atomic mass is 9.43. The minimum absolute atomic E-state index is 0.000417. The normalized spacial score (nSPS) is 27.5. The first-order valence-corrected chi connectivity index (χ1v) is 16.3. The van der Waals surface area contributed by atoms with E-state index in [1.165, 1.54) is 7.11 Å². The van der Waals surface area contributed by atoms with Crippen molar-refractivity contribution in [3.05, 3.63) is 59.7 Å². The zero-order valence-corrected chi connectivity index (χ0v) is 26.9. The number of carbonyl (C=O) groups is 3. The minimum Gasteiger partial charge on any atom is -0.469 e. The molecule has 1 aliphatic heterocycles. The highest BCUT2D eigenvalue weighted by Crippen LogP contribution is 2.65. The fourth-order valence-corrected chi connectivity index (χ4v) is 8.73. The standard InChI is InChI=1S/C36H46BNO6/c1-21(2)15-32(37-43-31-19-23-18-30(35(23,3)4)36(31,5)44-37)38-34(41)22(17-33(40)42-6)16-24(39)20-29-27-13-9-7-11-25(27)26-12-8-10-14-28(26)29/h7-14,21-23,29-32H,15-20H2,1-6H3,(H,38,41)/t22-,23-,30-,31+,32-,36-/m0/s1. The molecule has 0 spiro atoms. The molecule has 1 N–H and O–H groups in total. The summed E-state index contributed by atoms with van der Waals surface area (Å²) in [6, 6.07) is 16.4. The molecule has 5 aliphatic rings. The summed E-state index contributed by atoms with van der Waals surface area (Å²) in [6.45, 7) is 11.0. The van der Waals surface area contributed by atoms with Gasteiger partial charge in [0.05, 0.1) is 37.1 Å². The molecule has 6 atom stereocenters. The number of hydrogen-bond acceptors (Lipinski definition) is 6. The Morgan fingerprint density at radius 1 is 0.977 bits per heavy atom. The first-order chi connectivity index (χ1) is 20.9.